The van der Waals surface area contributed by atoms with Crippen LogP contribution >= 0.6 is 0 Å². The molecule has 1 aliphatic carbocycles. The fraction of sp³-hybridized carbons (Fsp3) is 0.406. The van der Waals surface area contributed by atoms with Gasteiger partial charge in [0.1, 0.15) is 12.3 Å². The fourth-order valence-corrected chi connectivity index (χ4v) is 5.48. The van der Waals surface area contributed by atoms with Crippen LogP contribution in [0, 0.1) is 0 Å². The maximum Gasteiger partial charge on any atom is 0.335 e. The molecule has 2 N–H and O–H groups in total. The van der Waals surface area contributed by atoms with Gasteiger partial charge in [0.25, 0.3) is 0 Å². The fourth-order valence-electron chi connectivity index (χ4n) is 5.48. The normalized spacial score (nSPS) is 17.2. The van der Waals surface area contributed by atoms with Gasteiger partial charge in [-0.3, -0.25) is 4.79 Å². The molecule has 2 aromatic rings. The molecule has 0 bridgehead atoms. The van der Waals surface area contributed by atoms with Crippen molar-refractivity contribution in [2.45, 2.75) is 65.7 Å². The number of carboxylic acids is 1. The summed E-state index contributed by atoms with van der Waals surface area (Å²) in [6.07, 6.45) is 6.33. The predicted molar refractivity (Wildman–Crippen MR) is 153 cm³/mol. The molecule has 38 heavy (non-hydrogen) atoms. The van der Waals surface area contributed by atoms with E-state index in [0.29, 0.717) is 17.7 Å². The first-order valence-corrected chi connectivity index (χ1v) is 13.7. The Hall–Kier alpha value is -3.67. The van der Waals surface area contributed by atoms with Gasteiger partial charge in [-0.25, -0.2) is 4.79 Å². The van der Waals surface area contributed by atoms with Crippen LogP contribution in [0.15, 0.2) is 59.9 Å². The summed E-state index contributed by atoms with van der Waals surface area (Å²) in [5.41, 5.74) is 4.90. The molecule has 0 radical (unpaired) electrons. The minimum Gasteiger partial charge on any atom is -0.506 e. The number of fused-ring (bicyclic) bond motifs is 1. The number of rotatable bonds is 11. The first kappa shape index (κ1) is 27.4. The van der Waals surface area contributed by atoms with Crippen LogP contribution in [-0.4, -0.2) is 51.9 Å². The lowest BCUT2D eigenvalue weighted by Crippen LogP contribution is -2.31. The summed E-state index contributed by atoms with van der Waals surface area (Å²) in [6.45, 7) is 13.1. The van der Waals surface area contributed by atoms with Crippen molar-refractivity contribution in [3.05, 3.63) is 76.6 Å². The Morgan fingerprint density at radius 2 is 1.63 bits per heavy atom. The number of Topliss-reactive ketones (excluding diaryl/α,β-unsaturated/α-hetero) is 1. The maximum atomic E-state index is 13.3. The lowest BCUT2D eigenvalue weighted by molar-refractivity contribution is -0.433. The van der Waals surface area contributed by atoms with Crippen LogP contribution < -0.4 is 4.90 Å². The van der Waals surface area contributed by atoms with Crippen LogP contribution in [0.4, 0.5) is 11.4 Å². The molecular formula is C32H39N2O4+. The molecule has 0 saturated carbocycles. The number of nitrogens with zero attached hydrogens (tertiary/aromatic N) is 2. The van der Waals surface area contributed by atoms with E-state index >= 15 is 0 Å². The van der Waals surface area contributed by atoms with Crippen molar-refractivity contribution < 1.29 is 24.4 Å². The Morgan fingerprint density at radius 1 is 1.00 bits per heavy atom. The predicted octanol–water partition coefficient (Wildman–Crippen LogP) is 6.67. The summed E-state index contributed by atoms with van der Waals surface area (Å²) in [5.74, 6) is -1.13. The molecule has 0 unspecified atom stereocenters. The van der Waals surface area contributed by atoms with Gasteiger partial charge in [0.05, 0.1) is 22.1 Å². The molecule has 200 valence electrons. The number of aromatic carboxylic acids is 1. The van der Waals surface area contributed by atoms with Gasteiger partial charge >= 0.3 is 5.97 Å². The third-order valence-corrected chi connectivity index (χ3v) is 7.78. The van der Waals surface area contributed by atoms with Crippen molar-refractivity contribution in [3.8, 4) is 0 Å². The van der Waals surface area contributed by atoms with E-state index in [1.807, 2.05) is 51.1 Å². The van der Waals surface area contributed by atoms with Gasteiger partial charge in [-0.05, 0) is 63.4 Å². The van der Waals surface area contributed by atoms with Crippen molar-refractivity contribution in [2.24, 2.45) is 0 Å². The second-order valence-electron chi connectivity index (χ2n) is 10.6. The lowest BCUT2D eigenvalue weighted by Gasteiger charge is -2.26. The zero-order valence-electron chi connectivity index (χ0n) is 23.2. The van der Waals surface area contributed by atoms with Crippen LogP contribution in [-0.2, 0) is 10.2 Å². The average Bonchev–Trinajstić information content (AvgIpc) is 3.12. The number of unbranched alkanes of at least 4 members (excludes halogenated alkanes) is 2. The molecule has 0 spiro atoms. The zero-order valence-corrected chi connectivity index (χ0v) is 23.2. The summed E-state index contributed by atoms with van der Waals surface area (Å²) < 4.78 is 2.09. The third kappa shape index (κ3) is 4.80. The van der Waals surface area contributed by atoms with Crippen molar-refractivity contribution in [1.82, 2.24) is 0 Å². The van der Waals surface area contributed by atoms with Gasteiger partial charge in [0, 0.05) is 36.5 Å². The summed E-state index contributed by atoms with van der Waals surface area (Å²) in [5, 5.41) is 20.5. The first-order valence-electron chi connectivity index (χ1n) is 13.7. The lowest BCUT2D eigenvalue weighted by atomic mass is 9.77. The average molecular weight is 516 g/mol. The highest BCUT2D eigenvalue weighted by Gasteiger charge is 2.46. The van der Waals surface area contributed by atoms with Crippen LogP contribution in [0.2, 0.25) is 0 Å². The smallest absolute Gasteiger partial charge is 0.335 e. The summed E-state index contributed by atoms with van der Waals surface area (Å²) in [7, 11) is 0. The number of carboxylic acid groups (broad SMARTS) is 1. The molecule has 2 aromatic carbocycles. The highest BCUT2D eigenvalue weighted by molar-refractivity contribution is 6.40. The number of allylic oxidation sites excluding steroid dienone is 3. The number of aliphatic hydroxyl groups is 1. The van der Waals surface area contributed by atoms with Crippen molar-refractivity contribution in [2.75, 3.05) is 24.5 Å². The van der Waals surface area contributed by atoms with E-state index in [4.69, 9.17) is 0 Å². The molecule has 2 aliphatic rings. The van der Waals surface area contributed by atoms with E-state index in [-0.39, 0.29) is 17.1 Å². The topological polar surface area (TPSA) is 80.8 Å². The van der Waals surface area contributed by atoms with Crippen LogP contribution in [0.3, 0.4) is 0 Å². The van der Waals surface area contributed by atoms with Crippen molar-refractivity contribution in [3.63, 3.8) is 0 Å². The number of hydrogen-bond donors (Lipinski definition) is 2. The highest BCUT2D eigenvalue weighted by Crippen LogP contribution is 2.43. The number of ketones is 1. The molecule has 6 heteroatoms. The van der Waals surface area contributed by atoms with E-state index in [0.717, 1.165) is 67.0 Å². The zero-order chi connectivity index (χ0) is 27.6. The number of aliphatic hydroxyl groups excluding tert-OH is 1. The molecule has 0 aromatic heterocycles. The number of benzene rings is 2. The van der Waals surface area contributed by atoms with E-state index in [1.165, 1.54) is 0 Å². The Balaban J connectivity index is 1.64. The maximum absolute atomic E-state index is 13.3. The molecule has 6 nitrogen and oxygen atoms in total. The monoisotopic (exact) mass is 515 g/mol. The number of carbonyl (C=O) groups excluding carboxylic acids is 1. The molecule has 1 aliphatic heterocycles. The minimum absolute atomic E-state index is 0.0121. The van der Waals surface area contributed by atoms with Crippen LogP contribution in [0.1, 0.15) is 81.8 Å². The van der Waals surface area contributed by atoms with Gasteiger partial charge in [-0.1, -0.05) is 38.8 Å². The quantitative estimate of drug-likeness (QED) is 0.258. The molecule has 0 saturated heterocycles. The van der Waals surface area contributed by atoms with E-state index in [9.17, 15) is 19.8 Å². The van der Waals surface area contributed by atoms with Crippen molar-refractivity contribution in [1.29, 1.82) is 0 Å². The molecule has 0 atom stereocenters. The number of hydrogen-bond acceptors (Lipinski definition) is 4. The standard InChI is InChI=1S/C32H38N2O4/c1-6-9-17-33(18-10-7-2)23-14-11-21(12-15-23)28-29(35)24(30(28)36)20-27-32(4,5)25-19-22(31(37)38)13-16-26(25)34(27)8-3/h11-16,19-20H,6-10,17-18H2,1-5H3,(H-,35,36,37,38)/p+1. The molecule has 0 fully saturated rings. The third-order valence-electron chi connectivity index (χ3n) is 7.78. The Bertz CT molecular complexity index is 1340. The van der Waals surface area contributed by atoms with Gasteiger partial charge in [0.15, 0.2) is 5.71 Å². The first-order chi connectivity index (χ1) is 18.1. The molecular weight excluding hydrogens is 476 g/mol. The molecule has 4 rings (SSSR count). The summed E-state index contributed by atoms with van der Waals surface area (Å²) in [4.78, 5) is 27.2. The summed E-state index contributed by atoms with van der Waals surface area (Å²) in [6, 6.07) is 13.1. The molecule has 0 amide bonds. The Morgan fingerprint density at radius 3 is 2.16 bits per heavy atom. The van der Waals surface area contributed by atoms with Gasteiger partial charge in [0.2, 0.25) is 11.5 Å². The molecule has 1 heterocycles. The Labute approximate surface area is 225 Å². The highest BCUT2D eigenvalue weighted by atomic mass is 16.4. The number of carbonyl (C=O) groups is 2. The van der Waals surface area contributed by atoms with Gasteiger partial charge < -0.3 is 15.1 Å². The van der Waals surface area contributed by atoms with E-state index < -0.39 is 11.4 Å². The second kappa shape index (κ2) is 11.0. The largest absolute Gasteiger partial charge is 0.506 e. The van der Waals surface area contributed by atoms with Gasteiger partial charge in [-0.15, -0.1) is 0 Å². The van der Waals surface area contributed by atoms with E-state index in [2.05, 4.69) is 23.3 Å². The van der Waals surface area contributed by atoms with E-state index in [1.54, 1.807) is 18.2 Å². The van der Waals surface area contributed by atoms with Crippen LogP contribution in [0.5, 0.6) is 0 Å². The van der Waals surface area contributed by atoms with Crippen molar-refractivity contribution >= 4 is 34.4 Å². The van der Waals surface area contributed by atoms with Crippen LogP contribution in [0.25, 0.3) is 5.57 Å². The number of anilines is 1. The van der Waals surface area contributed by atoms with Gasteiger partial charge in [-0.2, -0.15) is 4.58 Å². The minimum atomic E-state index is -0.970. The Kier molecular flexibility index (Phi) is 7.91. The summed E-state index contributed by atoms with van der Waals surface area (Å²) >= 11 is 0. The second-order valence-corrected chi connectivity index (χ2v) is 10.6. The SMILES string of the molecule is CCCCN(CCCC)c1ccc(C2=C(O)C(=CC3=[N+](CC)c4ccc(C(=O)O)cc4C3(C)C)C2=O)cc1.